The van der Waals surface area contributed by atoms with Gasteiger partial charge in [0.15, 0.2) is 11.6 Å². The summed E-state index contributed by atoms with van der Waals surface area (Å²) in [5.41, 5.74) is 1.10. The van der Waals surface area contributed by atoms with Crippen LogP contribution in [-0.2, 0) is 4.79 Å². The van der Waals surface area contributed by atoms with Crippen LogP contribution in [0.4, 0.5) is 8.78 Å². The summed E-state index contributed by atoms with van der Waals surface area (Å²) < 4.78 is 29.1. The molecule has 160 valence electrons. The lowest BCUT2D eigenvalue weighted by atomic mass is 9.37. The van der Waals surface area contributed by atoms with Crippen LogP contribution in [-0.4, -0.2) is 32.2 Å². The van der Waals surface area contributed by atoms with Crippen LogP contribution in [0.3, 0.4) is 0 Å². The number of nitrogens with one attached hydrogen (secondary N) is 1. The highest BCUT2D eigenvalue weighted by Crippen LogP contribution is 2.69. The van der Waals surface area contributed by atoms with E-state index in [9.17, 15) is 18.7 Å². The van der Waals surface area contributed by atoms with Crippen LogP contribution in [0.2, 0.25) is 0 Å². The van der Waals surface area contributed by atoms with E-state index in [-0.39, 0.29) is 34.9 Å². The minimum absolute atomic E-state index is 0.0106. The largest absolute Gasteiger partial charge is 0.393 e. The minimum Gasteiger partial charge on any atom is -0.393 e. The standard InChI is InChI=1S/C23H27F2N3O2/c1-11(21(30)27-23-7-22(8-23,9-23)12(2)29)20-14-3-13(4-15(14)20)28-10-26-18-5-16(24)17(25)6-19(18)28/h5-6,10-15,20,29H,3-4,7-9H2,1-2H3,(H,27,30)/t11?,12?,13-,14+,15-,20-,22?,23?. The smallest absolute Gasteiger partial charge is 0.223 e. The third-order valence-electron chi connectivity index (χ3n) is 8.83. The van der Waals surface area contributed by atoms with Crippen LogP contribution in [0.15, 0.2) is 18.5 Å². The lowest BCUT2D eigenvalue weighted by molar-refractivity contribution is -0.211. The fraction of sp³-hybridized carbons (Fsp3) is 0.652. The van der Waals surface area contributed by atoms with Gasteiger partial charge in [0.2, 0.25) is 5.91 Å². The van der Waals surface area contributed by atoms with E-state index in [1.165, 1.54) is 6.07 Å². The number of fused-ring (bicyclic) bond motifs is 2. The molecule has 2 aromatic rings. The Hall–Kier alpha value is -2.02. The van der Waals surface area contributed by atoms with Gasteiger partial charge in [-0.2, -0.15) is 0 Å². The van der Waals surface area contributed by atoms with Gasteiger partial charge in [-0.05, 0) is 56.8 Å². The number of hydrogen-bond donors (Lipinski definition) is 2. The number of halogens is 2. The van der Waals surface area contributed by atoms with Crippen LogP contribution in [0.25, 0.3) is 11.0 Å². The van der Waals surface area contributed by atoms with Crippen molar-refractivity contribution in [2.75, 3.05) is 0 Å². The van der Waals surface area contributed by atoms with Gasteiger partial charge < -0.3 is 15.0 Å². The van der Waals surface area contributed by atoms with Gasteiger partial charge in [-0.15, -0.1) is 0 Å². The molecule has 1 amide bonds. The van der Waals surface area contributed by atoms with E-state index in [2.05, 4.69) is 10.3 Å². The lowest BCUT2D eigenvalue weighted by Gasteiger charge is -2.72. The monoisotopic (exact) mass is 415 g/mol. The predicted octanol–water partition coefficient (Wildman–Crippen LogP) is 3.57. The zero-order valence-electron chi connectivity index (χ0n) is 17.2. The normalized spacial score (nSPS) is 40.3. The van der Waals surface area contributed by atoms with E-state index in [0.29, 0.717) is 28.8 Å². The van der Waals surface area contributed by atoms with Crippen molar-refractivity contribution in [1.29, 1.82) is 0 Å². The predicted molar refractivity (Wildman–Crippen MR) is 106 cm³/mol. The summed E-state index contributed by atoms with van der Waals surface area (Å²) in [7, 11) is 0. The van der Waals surface area contributed by atoms with Crippen molar-refractivity contribution in [1.82, 2.24) is 14.9 Å². The van der Waals surface area contributed by atoms with Crippen LogP contribution in [0.5, 0.6) is 0 Å². The Labute approximate surface area is 173 Å². The van der Waals surface area contributed by atoms with Crippen LogP contribution in [0, 0.1) is 40.7 Å². The molecule has 5 aliphatic carbocycles. The number of aliphatic hydroxyl groups excluding tert-OH is 1. The van der Waals surface area contributed by atoms with Crippen molar-refractivity contribution >= 4 is 16.9 Å². The fourth-order valence-corrected chi connectivity index (χ4v) is 7.14. The third kappa shape index (κ3) is 2.41. The third-order valence-corrected chi connectivity index (χ3v) is 8.83. The minimum atomic E-state index is -0.870. The van der Waals surface area contributed by atoms with E-state index < -0.39 is 11.6 Å². The molecule has 0 aliphatic heterocycles. The van der Waals surface area contributed by atoms with Gasteiger partial charge >= 0.3 is 0 Å². The van der Waals surface area contributed by atoms with Crippen LogP contribution in [0.1, 0.15) is 52.0 Å². The Morgan fingerprint density at radius 1 is 1.20 bits per heavy atom. The Morgan fingerprint density at radius 3 is 2.47 bits per heavy atom. The molecule has 7 rings (SSSR count). The Bertz CT molecular complexity index is 1030. The average molecular weight is 415 g/mol. The molecule has 2 N–H and O–H groups in total. The summed E-state index contributed by atoms with van der Waals surface area (Å²) in [6, 6.07) is 2.61. The van der Waals surface area contributed by atoms with Gasteiger partial charge in [0, 0.05) is 35.0 Å². The van der Waals surface area contributed by atoms with Crippen LogP contribution < -0.4 is 5.32 Å². The fourth-order valence-electron chi connectivity index (χ4n) is 7.14. The van der Waals surface area contributed by atoms with Crippen molar-refractivity contribution in [3.63, 3.8) is 0 Å². The molecule has 1 aromatic carbocycles. The van der Waals surface area contributed by atoms with E-state index in [4.69, 9.17) is 0 Å². The number of aliphatic hydroxyl groups is 1. The molecular formula is C23H27F2N3O2. The van der Waals surface area contributed by atoms with Gasteiger partial charge in [0.25, 0.3) is 0 Å². The first-order valence-corrected chi connectivity index (χ1v) is 11.0. The quantitative estimate of drug-likeness (QED) is 0.785. The van der Waals surface area contributed by atoms with E-state index >= 15 is 0 Å². The van der Waals surface area contributed by atoms with Crippen molar-refractivity contribution in [2.24, 2.45) is 29.1 Å². The first-order chi connectivity index (χ1) is 14.2. The zero-order valence-corrected chi connectivity index (χ0v) is 17.2. The van der Waals surface area contributed by atoms with Gasteiger partial charge in [-0.25, -0.2) is 13.8 Å². The number of rotatable bonds is 5. The molecule has 0 spiro atoms. The molecule has 0 saturated heterocycles. The second-order valence-corrected chi connectivity index (χ2v) is 10.6. The maximum atomic E-state index is 13.7. The Kier molecular flexibility index (Phi) is 3.63. The first kappa shape index (κ1) is 18.7. The summed E-state index contributed by atoms with van der Waals surface area (Å²) in [5.74, 6) is -0.153. The first-order valence-electron chi connectivity index (χ1n) is 11.0. The van der Waals surface area contributed by atoms with E-state index in [1.807, 2.05) is 18.4 Å². The Balaban J connectivity index is 1.08. The van der Waals surface area contributed by atoms with E-state index in [0.717, 1.165) is 38.2 Å². The maximum absolute atomic E-state index is 13.7. The van der Waals surface area contributed by atoms with Crippen LogP contribution >= 0.6 is 0 Å². The van der Waals surface area contributed by atoms with Crippen molar-refractivity contribution in [3.8, 4) is 0 Å². The molecule has 5 nitrogen and oxygen atoms in total. The molecule has 1 heterocycles. The summed E-state index contributed by atoms with van der Waals surface area (Å²) in [6.07, 6.45) is 6.01. The number of aromatic nitrogens is 2. The van der Waals surface area contributed by atoms with Gasteiger partial charge in [-0.3, -0.25) is 4.79 Å². The van der Waals surface area contributed by atoms with Gasteiger partial charge in [0.05, 0.1) is 23.5 Å². The summed E-state index contributed by atoms with van der Waals surface area (Å²) >= 11 is 0. The molecule has 0 radical (unpaired) electrons. The molecular weight excluding hydrogens is 388 g/mol. The molecule has 5 fully saturated rings. The van der Waals surface area contributed by atoms with Crippen molar-refractivity contribution in [2.45, 2.75) is 63.6 Å². The molecule has 1 aromatic heterocycles. The molecule has 5 saturated carbocycles. The zero-order chi connectivity index (χ0) is 21.0. The second-order valence-electron chi connectivity index (χ2n) is 10.6. The lowest BCUT2D eigenvalue weighted by Crippen LogP contribution is -2.77. The van der Waals surface area contributed by atoms with Crippen molar-refractivity contribution in [3.05, 3.63) is 30.1 Å². The molecule has 30 heavy (non-hydrogen) atoms. The van der Waals surface area contributed by atoms with E-state index in [1.54, 1.807) is 6.33 Å². The molecule has 2 bridgehead atoms. The topological polar surface area (TPSA) is 67.2 Å². The number of amides is 1. The molecule has 7 heteroatoms. The summed E-state index contributed by atoms with van der Waals surface area (Å²) in [6.45, 7) is 3.89. The Morgan fingerprint density at radius 2 is 1.83 bits per heavy atom. The number of hydrogen-bond acceptors (Lipinski definition) is 3. The highest BCUT2D eigenvalue weighted by atomic mass is 19.2. The second kappa shape index (κ2) is 5.81. The molecule has 2 unspecified atom stereocenters. The average Bonchev–Trinajstić information content (AvgIpc) is 2.96. The number of imidazole rings is 1. The summed E-state index contributed by atoms with van der Waals surface area (Å²) in [4.78, 5) is 17.1. The maximum Gasteiger partial charge on any atom is 0.223 e. The van der Waals surface area contributed by atoms with Crippen molar-refractivity contribution < 1.29 is 18.7 Å². The molecule has 5 aliphatic rings. The number of nitrogens with zero attached hydrogens (tertiary/aromatic N) is 2. The number of carbonyl (C=O) groups excluding carboxylic acids is 1. The van der Waals surface area contributed by atoms with Gasteiger partial charge in [0.1, 0.15) is 0 Å². The number of carbonyl (C=O) groups is 1. The highest BCUT2D eigenvalue weighted by molar-refractivity contribution is 5.80. The highest BCUT2D eigenvalue weighted by Gasteiger charge is 2.70. The molecule has 6 atom stereocenters. The number of benzene rings is 1. The SMILES string of the molecule is CC(C(=O)NC12CC(C(C)O)(C1)C2)[C@H]1[C@@H]2C[C@H](n3cnc4cc(F)c(F)cc43)C[C@@H]21. The van der Waals surface area contributed by atoms with Gasteiger partial charge in [-0.1, -0.05) is 6.92 Å². The summed E-state index contributed by atoms with van der Waals surface area (Å²) in [5, 5.41) is 13.2.